The lowest BCUT2D eigenvalue weighted by Gasteiger charge is -2.22. The van der Waals surface area contributed by atoms with Gasteiger partial charge < -0.3 is 10.6 Å². The molecule has 0 saturated heterocycles. The van der Waals surface area contributed by atoms with Crippen LogP contribution in [0.3, 0.4) is 0 Å². The maximum Gasteiger partial charge on any atom is 0.255 e. The minimum atomic E-state index is -0.194. The number of hydrogen-bond donors (Lipinski definition) is 2. The molecular weight excluding hydrogens is 372 g/mol. The Bertz CT molecular complexity index is 998. The Morgan fingerprint density at radius 2 is 1.43 bits per heavy atom. The molecule has 0 radical (unpaired) electrons. The molecule has 0 aliphatic heterocycles. The Labute approximate surface area is 178 Å². The van der Waals surface area contributed by atoms with Crippen molar-refractivity contribution >= 4 is 17.5 Å². The standard InChI is InChI=1S/C26H28N2O2/c1-18(2)23(20-10-6-4-7-11-20)17-27-25(29)22-15-14-19(3)24(16-22)28-26(30)21-12-8-5-9-13-21/h4-16,18,23H,17H2,1-3H3,(H,27,29)(H,28,30). The molecule has 2 amide bonds. The molecule has 30 heavy (non-hydrogen) atoms. The number of hydrogen-bond acceptors (Lipinski definition) is 2. The highest BCUT2D eigenvalue weighted by Gasteiger charge is 2.18. The molecule has 2 N–H and O–H groups in total. The predicted molar refractivity (Wildman–Crippen MR) is 122 cm³/mol. The average molecular weight is 401 g/mol. The third-order valence-electron chi connectivity index (χ3n) is 5.30. The zero-order valence-electron chi connectivity index (χ0n) is 17.7. The van der Waals surface area contributed by atoms with Crippen LogP contribution in [0.15, 0.2) is 78.9 Å². The zero-order valence-corrected chi connectivity index (χ0v) is 17.7. The van der Waals surface area contributed by atoms with Gasteiger partial charge in [0.2, 0.25) is 0 Å². The van der Waals surface area contributed by atoms with E-state index in [9.17, 15) is 9.59 Å². The van der Waals surface area contributed by atoms with Crippen LogP contribution in [0.1, 0.15) is 51.6 Å². The van der Waals surface area contributed by atoms with Crippen LogP contribution in [0.25, 0.3) is 0 Å². The summed E-state index contributed by atoms with van der Waals surface area (Å²) in [7, 11) is 0. The molecule has 4 nitrogen and oxygen atoms in total. The summed E-state index contributed by atoms with van der Waals surface area (Å²) in [6.45, 7) is 6.78. The van der Waals surface area contributed by atoms with E-state index in [2.05, 4.69) is 36.6 Å². The number of anilines is 1. The summed E-state index contributed by atoms with van der Waals surface area (Å²) in [5, 5.41) is 5.97. The van der Waals surface area contributed by atoms with Gasteiger partial charge in [0.15, 0.2) is 0 Å². The Kier molecular flexibility index (Phi) is 7.02. The molecule has 3 rings (SSSR count). The molecule has 0 bridgehead atoms. The summed E-state index contributed by atoms with van der Waals surface area (Å²) in [5.41, 5.74) is 3.86. The first-order valence-corrected chi connectivity index (χ1v) is 10.3. The molecule has 0 aliphatic carbocycles. The quantitative estimate of drug-likeness (QED) is 0.557. The first-order chi connectivity index (χ1) is 14.5. The van der Waals surface area contributed by atoms with Crippen LogP contribution >= 0.6 is 0 Å². The second-order valence-corrected chi connectivity index (χ2v) is 7.82. The van der Waals surface area contributed by atoms with Gasteiger partial charge >= 0.3 is 0 Å². The van der Waals surface area contributed by atoms with Gasteiger partial charge in [0.05, 0.1) is 0 Å². The molecule has 154 valence electrons. The van der Waals surface area contributed by atoms with Gasteiger partial charge in [-0.25, -0.2) is 0 Å². The highest BCUT2D eigenvalue weighted by atomic mass is 16.2. The van der Waals surface area contributed by atoms with E-state index in [1.165, 1.54) is 5.56 Å². The number of aryl methyl sites for hydroxylation is 1. The molecule has 3 aromatic carbocycles. The monoisotopic (exact) mass is 400 g/mol. The molecular formula is C26H28N2O2. The summed E-state index contributed by atoms with van der Waals surface area (Å²) >= 11 is 0. The molecule has 0 spiro atoms. The van der Waals surface area contributed by atoms with Gasteiger partial charge in [-0.2, -0.15) is 0 Å². The summed E-state index contributed by atoms with van der Waals surface area (Å²) < 4.78 is 0. The highest BCUT2D eigenvalue weighted by Crippen LogP contribution is 2.24. The number of nitrogens with one attached hydrogen (secondary N) is 2. The van der Waals surface area contributed by atoms with Crippen molar-refractivity contribution in [2.45, 2.75) is 26.7 Å². The smallest absolute Gasteiger partial charge is 0.255 e. The fourth-order valence-corrected chi connectivity index (χ4v) is 3.43. The van der Waals surface area contributed by atoms with Crippen molar-refractivity contribution in [3.8, 4) is 0 Å². The maximum absolute atomic E-state index is 12.8. The Morgan fingerprint density at radius 3 is 2.07 bits per heavy atom. The number of rotatable bonds is 7. The van der Waals surface area contributed by atoms with Gasteiger partial charge in [0.1, 0.15) is 0 Å². The zero-order chi connectivity index (χ0) is 21.5. The van der Waals surface area contributed by atoms with E-state index in [1.807, 2.05) is 49.4 Å². The fourth-order valence-electron chi connectivity index (χ4n) is 3.43. The second-order valence-electron chi connectivity index (χ2n) is 7.82. The largest absolute Gasteiger partial charge is 0.351 e. The van der Waals surface area contributed by atoms with Gasteiger partial charge in [0.25, 0.3) is 11.8 Å². The Hall–Kier alpha value is -3.40. The van der Waals surface area contributed by atoms with Crippen molar-refractivity contribution in [2.24, 2.45) is 5.92 Å². The SMILES string of the molecule is Cc1ccc(C(=O)NCC(c2ccccc2)C(C)C)cc1NC(=O)c1ccccc1. The Morgan fingerprint density at radius 1 is 0.800 bits per heavy atom. The third kappa shape index (κ3) is 5.35. The molecule has 3 aromatic rings. The first kappa shape index (κ1) is 21.3. The first-order valence-electron chi connectivity index (χ1n) is 10.3. The molecule has 0 saturated carbocycles. The molecule has 1 unspecified atom stereocenters. The van der Waals surface area contributed by atoms with E-state index in [1.54, 1.807) is 24.3 Å². The summed E-state index contributed by atoms with van der Waals surface area (Å²) in [5.74, 6) is 0.288. The molecule has 4 heteroatoms. The van der Waals surface area contributed by atoms with Crippen molar-refractivity contribution in [3.05, 3.63) is 101 Å². The van der Waals surface area contributed by atoms with Crippen LogP contribution in [-0.2, 0) is 0 Å². The van der Waals surface area contributed by atoms with Crippen LogP contribution in [0.2, 0.25) is 0 Å². The van der Waals surface area contributed by atoms with Crippen molar-refractivity contribution in [1.29, 1.82) is 0 Å². The van der Waals surface area contributed by atoms with Crippen molar-refractivity contribution in [2.75, 3.05) is 11.9 Å². The lowest BCUT2D eigenvalue weighted by Crippen LogP contribution is -2.30. The van der Waals surface area contributed by atoms with E-state index in [-0.39, 0.29) is 17.7 Å². The highest BCUT2D eigenvalue weighted by molar-refractivity contribution is 6.05. The molecule has 0 heterocycles. The van der Waals surface area contributed by atoms with Crippen LogP contribution in [0.4, 0.5) is 5.69 Å². The van der Waals surface area contributed by atoms with Crippen LogP contribution in [-0.4, -0.2) is 18.4 Å². The van der Waals surface area contributed by atoms with Gasteiger partial charge in [0, 0.05) is 29.3 Å². The lowest BCUT2D eigenvalue weighted by molar-refractivity contribution is 0.0947. The van der Waals surface area contributed by atoms with E-state index in [0.717, 1.165) is 5.56 Å². The summed E-state index contributed by atoms with van der Waals surface area (Å²) in [6.07, 6.45) is 0. The molecule has 0 aliphatic rings. The topological polar surface area (TPSA) is 58.2 Å². The molecule has 1 atom stereocenters. The third-order valence-corrected chi connectivity index (χ3v) is 5.30. The van der Waals surface area contributed by atoms with E-state index in [0.29, 0.717) is 29.3 Å². The fraction of sp³-hybridized carbons (Fsp3) is 0.231. The average Bonchev–Trinajstić information content (AvgIpc) is 2.76. The number of benzene rings is 3. The predicted octanol–water partition coefficient (Wildman–Crippen LogP) is 5.42. The summed E-state index contributed by atoms with van der Waals surface area (Å²) in [4.78, 5) is 25.3. The van der Waals surface area contributed by atoms with E-state index in [4.69, 9.17) is 0 Å². The number of amides is 2. The lowest BCUT2D eigenvalue weighted by atomic mass is 9.88. The van der Waals surface area contributed by atoms with Gasteiger partial charge in [-0.1, -0.05) is 68.4 Å². The van der Waals surface area contributed by atoms with Crippen LogP contribution < -0.4 is 10.6 Å². The molecule has 0 fully saturated rings. The van der Waals surface area contributed by atoms with Crippen LogP contribution in [0, 0.1) is 12.8 Å². The van der Waals surface area contributed by atoms with Crippen LogP contribution in [0.5, 0.6) is 0 Å². The normalized spacial score (nSPS) is 11.7. The minimum Gasteiger partial charge on any atom is -0.351 e. The summed E-state index contributed by atoms with van der Waals surface area (Å²) in [6, 6.07) is 24.6. The second kappa shape index (κ2) is 9.88. The minimum absolute atomic E-state index is 0.146. The van der Waals surface area contributed by atoms with Crippen molar-refractivity contribution in [3.63, 3.8) is 0 Å². The van der Waals surface area contributed by atoms with Gasteiger partial charge in [-0.15, -0.1) is 0 Å². The number of carbonyl (C=O) groups excluding carboxylic acids is 2. The molecule has 0 aromatic heterocycles. The maximum atomic E-state index is 12.8. The Balaban J connectivity index is 1.70. The van der Waals surface area contributed by atoms with Gasteiger partial charge in [-0.05, 0) is 48.2 Å². The van der Waals surface area contributed by atoms with Crippen molar-refractivity contribution in [1.82, 2.24) is 5.32 Å². The van der Waals surface area contributed by atoms with Crippen molar-refractivity contribution < 1.29 is 9.59 Å². The van der Waals surface area contributed by atoms with E-state index < -0.39 is 0 Å². The number of carbonyl (C=O) groups is 2. The van der Waals surface area contributed by atoms with E-state index >= 15 is 0 Å². The van der Waals surface area contributed by atoms with Gasteiger partial charge in [-0.3, -0.25) is 9.59 Å².